The molecule has 27 heteroatoms. The van der Waals surface area contributed by atoms with Gasteiger partial charge in [-0.2, -0.15) is 67.4 Å². The van der Waals surface area contributed by atoms with Crippen molar-refractivity contribution < 1.29 is 86.8 Å². The van der Waals surface area contributed by atoms with Gasteiger partial charge in [0, 0.05) is 45.0 Å². The average molecular weight is 968 g/mol. The average Bonchev–Trinajstić information content (AvgIpc) is 3.19. The summed E-state index contributed by atoms with van der Waals surface area (Å²) in [7, 11) is 0. The van der Waals surface area contributed by atoms with Gasteiger partial charge in [0.1, 0.15) is 6.54 Å². The number of hydrogen-bond donors (Lipinski definition) is 0. The first kappa shape index (κ1) is 56.7. The molecule has 0 saturated heterocycles. The van der Waals surface area contributed by atoms with Crippen LogP contribution in [0.25, 0.3) is 0 Å². The van der Waals surface area contributed by atoms with E-state index >= 15 is 0 Å². The van der Waals surface area contributed by atoms with E-state index in [0.717, 1.165) is 12.2 Å². The summed E-state index contributed by atoms with van der Waals surface area (Å²) >= 11 is 2.41. The standard InChI is InChI=1S/C36H47F10N3O12S2/c1-4-25(50)57-16-6-12-27(52)59-18-10-22-62-20-8-14-47-29(54)48(15-9-21-63-23-11-19-60-28(53)13-7-17-58-26(51)5-2)31(56)49(30(47)55)24-33(39,40)35(43,44)61-36(45,46)34(41,42)32(3,37)38/h4-5H,1-2,6-24H2,3H3. The van der Waals surface area contributed by atoms with Gasteiger partial charge in [-0.25, -0.2) is 42.4 Å². The summed E-state index contributed by atoms with van der Waals surface area (Å²) < 4.78 is 162. The lowest BCUT2D eigenvalue weighted by Crippen LogP contribution is -2.61. The number of carbonyl (C=O) groups excluding carboxylic acids is 4. The van der Waals surface area contributed by atoms with Gasteiger partial charge < -0.3 is 18.9 Å². The Bertz CT molecular complexity index is 1780. The van der Waals surface area contributed by atoms with Crippen LogP contribution in [-0.2, 0) is 62.5 Å². The lowest BCUT2D eigenvalue weighted by molar-refractivity contribution is -0.485. The molecule has 0 fully saturated rings. The number of ether oxygens (including phenoxy) is 5. The van der Waals surface area contributed by atoms with Crippen molar-refractivity contribution >= 4 is 47.4 Å². The highest BCUT2D eigenvalue weighted by atomic mass is 32.2. The highest BCUT2D eigenvalue weighted by Gasteiger charge is 2.75. The molecule has 0 aliphatic rings. The Hall–Kier alpha value is -4.27. The fraction of sp³-hybridized carbons (Fsp3) is 0.694. The Labute approximate surface area is 361 Å². The highest BCUT2D eigenvalue weighted by Crippen LogP contribution is 2.50. The first-order valence-corrected chi connectivity index (χ1v) is 21.2. The first-order chi connectivity index (χ1) is 29.3. The maximum absolute atomic E-state index is 14.9. The van der Waals surface area contributed by atoms with Crippen LogP contribution in [0.3, 0.4) is 0 Å². The van der Waals surface area contributed by atoms with Crippen molar-refractivity contribution in [1.29, 1.82) is 0 Å². The third-order valence-electron chi connectivity index (χ3n) is 7.95. The molecule has 0 radical (unpaired) electrons. The topological polar surface area (TPSA) is 180 Å². The second-order valence-electron chi connectivity index (χ2n) is 13.1. The third kappa shape index (κ3) is 18.8. The molecule has 360 valence electrons. The zero-order valence-corrected chi connectivity index (χ0v) is 35.5. The van der Waals surface area contributed by atoms with Crippen molar-refractivity contribution in [3.05, 3.63) is 56.8 Å². The van der Waals surface area contributed by atoms with E-state index < -0.39 is 102 Å². The van der Waals surface area contributed by atoms with Crippen LogP contribution in [0.15, 0.2) is 39.7 Å². The molecule has 0 N–H and O–H groups in total. The van der Waals surface area contributed by atoms with Crippen molar-refractivity contribution in [2.24, 2.45) is 0 Å². The van der Waals surface area contributed by atoms with Crippen LogP contribution in [0.1, 0.15) is 58.3 Å². The minimum Gasteiger partial charge on any atom is -0.466 e. The number of alkyl halides is 10. The van der Waals surface area contributed by atoms with E-state index in [-0.39, 0.29) is 85.6 Å². The Balaban J connectivity index is 3.04. The highest BCUT2D eigenvalue weighted by molar-refractivity contribution is 7.99. The van der Waals surface area contributed by atoms with E-state index in [4.69, 9.17) is 18.9 Å². The van der Waals surface area contributed by atoms with E-state index in [2.05, 4.69) is 17.9 Å². The van der Waals surface area contributed by atoms with Crippen molar-refractivity contribution in [1.82, 2.24) is 13.7 Å². The van der Waals surface area contributed by atoms with Gasteiger partial charge in [-0.3, -0.25) is 9.59 Å². The SMILES string of the molecule is C=CC(=O)OCCCC(=O)OCCCSCCCn1c(=O)n(CCCSCCCOC(=O)CCCOC(=O)C=C)c(=O)n(CC(F)(F)C(F)(F)OC(F)(F)C(F)(F)C(C)(F)F)c1=O. The van der Waals surface area contributed by atoms with E-state index in [1.54, 1.807) is 0 Å². The van der Waals surface area contributed by atoms with Gasteiger partial charge in [0.15, 0.2) is 0 Å². The maximum atomic E-state index is 14.9. The zero-order valence-electron chi connectivity index (χ0n) is 33.8. The molecule has 63 heavy (non-hydrogen) atoms. The lowest BCUT2D eigenvalue weighted by atomic mass is 10.2. The zero-order chi connectivity index (χ0) is 48.1. The molecule has 0 aromatic carbocycles. The largest absolute Gasteiger partial charge is 0.466 e. The molecule has 0 amide bonds. The summed E-state index contributed by atoms with van der Waals surface area (Å²) in [6, 6.07) is 0. The van der Waals surface area contributed by atoms with E-state index in [0.29, 0.717) is 24.3 Å². The molecule has 0 bridgehead atoms. The third-order valence-corrected chi connectivity index (χ3v) is 10.3. The fourth-order valence-corrected chi connectivity index (χ4v) is 6.35. The molecule has 0 saturated carbocycles. The fourth-order valence-electron chi connectivity index (χ4n) is 4.63. The van der Waals surface area contributed by atoms with Crippen LogP contribution >= 0.6 is 23.5 Å². The monoisotopic (exact) mass is 967 g/mol. The summed E-state index contributed by atoms with van der Waals surface area (Å²) in [4.78, 5) is 85.2. The molecule has 15 nitrogen and oxygen atoms in total. The summed E-state index contributed by atoms with van der Waals surface area (Å²) in [5.41, 5.74) is -5.23. The molecular weight excluding hydrogens is 921 g/mol. The van der Waals surface area contributed by atoms with Crippen LogP contribution in [0, 0.1) is 0 Å². The summed E-state index contributed by atoms with van der Waals surface area (Å²) in [5.74, 6) is -20.1. The second-order valence-corrected chi connectivity index (χ2v) is 15.5. The first-order valence-electron chi connectivity index (χ1n) is 18.8. The predicted octanol–water partition coefficient (Wildman–Crippen LogP) is 5.43. The smallest absolute Gasteiger partial charge is 0.430 e. The quantitative estimate of drug-likeness (QED) is 0.0286. The van der Waals surface area contributed by atoms with Crippen LogP contribution < -0.4 is 17.1 Å². The van der Waals surface area contributed by atoms with Crippen LogP contribution in [-0.4, -0.2) is 117 Å². The van der Waals surface area contributed by atoms with Crippen molar-refractivity contribution in [2.45, 2.75) is 108 Å². The van der Waals surface area contributed by atoms with Crippen LogP contribution in [0.5, 0.6) is 0 Å². The number of rotatable bonds is 33. The summed E-state index contributed by atoms with van der Waals surface area (Å²) in [5, 5.41) is 0. The Morgan fingerprint density at radius 1 is 0.556 bits per heavy atom. The number of halogens is 10. The molecule has 0 unspecified atom stereocenters. The van der Waals surface area contributed by atoms with E-state index in [1.807, 2.05) is 0 Å². The minimum atomic E-state index is -6.91. The second kappa shape index (κ2) is 26.5. The maximum Gasteiger partial charge on any atom is 0.430 e. The molecule has 0 spiro atoms. The molecule has 0 aliphatic carbocycles. The Morgan fingerprint density at radius 2 is 0.921 bits per heavy atom. The molecule has 1 aromatic heterocycles. The summed E-state index contributed by atoms with van der Waals surface area (Å²) in [6.07, 6.45) is -10.9. The van der Waals surface area contributed by atoms with Crippen molar-refractivity contribution in [3.8, 4) is 0 Å². The van der Waals surface area contributed by atoms with Gasteiger partial charge in [-0.1, -0.05) is 13.2 Å². The predicted molar refractivity (Wildman–Crippen MR) is 207 cm³/mol. The molecular formula is C36H47F10N3O12S2. The van der Waals surface area contributed by atoms with Gasteiger partial charge in [0.2, 0.25) is 0 Å². The number of carbonyl (C=O) groups is 4. The molecule has 0 aliphatic heterocycles. The number of esters is 4. The van der Waals surface area contributed by atoms with Gasteiger partial charge in [0.05, 0.1) is 26.4 Å². The van der Waals surface area contributed by atoms with Gasteiger partial charge in [-0.05, 0) is 61.5 Å². The van der Waals surface area contributed by atoms with Crippen molar-refractivity contribution in [2.75, 3.05) is 49.4 Å². The van der Waals surface area contributed by atoms with E-state index in [1.165, 1.54) is 23.5 Å². The van der Waals surface area contributed by atoms with E-state index in [9.17, 15) is 77.5 Å². The van der Waals surface area contributed by atoms with Gasteiger partial charge in [0.25, 0.3) is 0 Å². The molecule has 0 atom stereocenters. The Morgan fingerprint density at radius 3 is 1.30 bits per heavy atom. The minimum absolute atomic E-state index is 0.00979. The number of hydrogen-bond acceptors (Lipinski definition) is 14. The van der Waals surface area contributed by atoms with Crippen LogP contribution in [0.2, 0.25) is 0 Å². The number of thioether (sulfide) groups is 2. The lowest BCUT2D eigenvalue weighted by Gasteiger charge is -2.34. The molecule has 1 aromatic rings. The molecule has 1 rings (SSSR count). The van der Waals surface area contributed by atoms with Crippen molar-refractivity contribution in [3.63, 3.8) is 0 Å². The number of aromatic nitrogens is 3. The van der Waals surface area contributed by atoms with Crippen LogP contribution in [0.4, 0.5) is 43.9 Å². The Kier molecular flexibility index (Phi) is 23.9. The normalized spacial score (nSPS) is 12.4. The number of nitrogens with zero attached hydrogens (tertiary/aromatic N) is 3. The summed E-state index contributed by atoms with van der Waals surface area (Å²) in [6.45, 7) is 1.50. The molecule has 1 heterocycles. The van der Waals surface area contributed by atoms with Gasteiger partial charge in [-0.15, -0.1) is 0 Å². The van der Waals surface area contributed by atoms with Gasteiger partial charge >= 0.3 is 70.9 Å².